The van der Waals surface area contributed by atoms with Gasteiger partial charge in [0.25, 0.3) is 10.1 Å². The van der Waals surface area contributed by atoms with E-state index >= 15 is 0 Å². The first-order valence-corrected chi connectivity index (χ1v) is 8.53. The lowest BCUT2D eigenvalue weighted by molar-refractivity contribution is 0.417. The van der Waals surface area contributed by atoms with Crippen molar-refractivity contribution in [3.8, 4) is 5.75 Å². The Labute approximate surface area is 139 Å². The maximum Gasteiger partial charge on any atom is 0.294 e. The van der Waals surface area contributed by atoms with Gasteiger partial charge in [0.05, 0.1) is 17.7 Å². The fraction of sp³-hybridized carbons (Fsp3) is 0.0588. The van der Waals surface area contributed by atoms with Crippen LogP contribution in [-0.2, 0) is 10.1 Å². The zero-order valence-electron chi connectivity index (χ0n) is 12.9. The Bertz CT molecular complexity index is 1020. The molecule has 0 unspecified atom stereocenters. The molecule has 0 fully saturated rings. The van der Waals surface area contributed by atoms with Gasteiger partial charge in [-0.3, -0.25) is 4.55 Å². The average Bonchev–Trinajstić information content (AvgIpc) is 2.55. The Morgan fingerprint density at radius 2 is 1.58 bits per heavy atom. The summed E-state index contributed by atoms with van der Waals surface area (Å²) in [6.45, 7) is 0. The number of nitrogens with two attached hydrogens (primary N) is 1. The molecule has 0 aliphatic carbocycles. The largest absolute Gasteiger partial charge is 0.495 e. The molecule has 24 heavy (non-hydrogen) atoms. The molecule has 0 radical (unpaired) electrons. The number of anilines is 3. The Hall–Kier alpha value is -2.77. The van der Waals surface area contributed by atoms with Gasteiger partial charge in [-0.25, -0.2) is 0 Å². The van der Waals surface area contributed by atoms with Crippen LogP contribution in [0.1, 0.15) is 0 Å². The van der Waals surface area contributed by atoms with E-state index in [0.717, 1.165) is 16.8 Å². The molecule has 0 saturated heterocycles. The number of nitrogen functional groups attached to an aromatic ring is 1. The zero-order valence-corrected chi connectivity index (χ0v) is 13.7. The molecule has 0 spiro atoms. The summed E-state index contributed by atoms with van der Waals surface area (Å²) in [7, 11) is -2.65. The molecule has 7 heteroatoms. The number of nitrogens with one attached hydrogen (secondary N) is 1. The Morgan fingerprint density at radius 1 is 0.958 bits per heavy atom. The van der Waals surface area contributed by atoms with Crippen molar-refractivity contribution in [1.29, 1.82) is 0 Å². The SMILES string of the molecule is COc1cc(Nc2ccc3cc(S(=O)(=O)O)ccc3c2)ccc1N. The summed E-state index contributed by atoms with van der Waals surface area (Å²) in [4.78, 5) is -0.126. The third-order valence-electron chi connectivity index (χ3n) is 3.63. The fourth-order valence-corrected chi connectivity index (χ4v) is 2.93. The van der Waals surface area contributed by atoms with E-state index in [-0.39, 0.29) is 4.90 Å². The van der Waals surface area contributed by atoms with Gasteiger partial charge < -0.3 is 15.8 Å². The van der Waals surface area contributed by atoms with Gasteiger partial charge in [0.1, 0.15) is 5.75 Å². The predicted molar refractivity (Wildman–Crippen MR) is 94.5 cm³/mol. The zero-order chi connectivity index (χ0) is 17.3. The summed E-state index contributed by atoms with van der Waals surface area (Å²) in [6, 6.07) is 15.3. The van der Waals surface area contributed by atoms with E-state index in [9.17, 15) is 8.42 Å². The second kappa shape index (κ2) is 6.03. The maximum atomic E-state index is 11.2. The highest BCUT2D eigenvalue weighted by molar-refractivity contribution is 7.85. The topological polar surface area (TPSA) is 102 Å². The van der Waals surface area contributed by atoms with Gasteiger partial charge in [0, 0.05) is 17.4 Å². The third kappa shape index (κ3) is 3.27. The summed E-state index contributed by atoms with van der Waals surface area (Å²) in [5.74, 6) is 0.582. The Balaban J connectivity index is 1.94. The van der Waals surface area contributed by atoms with E-state index in [2.05, 4.69) is 5.32 Å². The molecule has 6 nitrogen and oxygen atoms in total. The standard InChI is InChI=1S/C17H16N2O4S/c1-23-17-10-14(5-7-16(17)18)19-13-4-2-12-9-15(24(20,21)22)6-3-11(12)8-13/h2-10,19H,18H2,1H3,(H,20,21,22). The van der Waals surface area contributed by atoms with Crippen molar-refractivity contribution < 1.29 is 17.7 Å². The summed E-state index contributed by atoms with van der Waals surface area (Å²) in [5.41, 5.74) is 7.99. The minimum atomic E-state index is -4.21. The van der Waals surface area contributed by atoms with Gasteiger partial charge in [-0.15, -0.1) is 0 Å². The maximum absolute atomic E-state index is 11.2. The van der Waals surface area contributed by atoms with Crippen LogP contribution in [0.2, 0.25) is 0 Å². The second-order valence-electron chi connectivity index (χ2n) is 5.28. The fourth-order valence-electron chi connectivity index (χ4n) is 2.42. The normalized spacial score (nSPS) is 11.4. The molecule has 124 valence electrons. The molecule has 3 aromatic rings. The van der Waals surface area contributed by atoms with Crippen LogP contribution < -0.4 is 15.8 Å². The van der Waals surface area contributed by atoms with E-state index in [0.29, 0.717) is 16.8 Å². The molecule has 0 saturated carbocycles. The highest BCUT2D eigenvalue weighted by Crippen LogP contribution is 2.29. The van der Waals surface area contributed by atoms with E-state index in [1.807, 2.05) is 18.2 Å². The predicted octanol–water partition coefficient (Wildman–Crippen LogP) is 3.42. The second-order valence-corrected chi connectivity index (χ2v) is 6.70. The molecular weight excluding hydrogens is 328 g/mol. The Morgan fingerprint density at radius 3 is 2.29 bits per heavy atom. The van der Waals surface area contributed by atoms with Crippen LogP contribution >= 0.6 is 0 Å². The first-order valence-electron chi connectivity index (χ1n) is 7.09. The number of rotatable bonds is 4. The van der Waals surface area contributed by atoms with Crippen molar-refractivity contribution in [1.82, 2.24) is 0 Å². The highest BCUT2D eigenvalue weighted by Gasteiger charge is 2.10. The lowest BCUT2D eigenvalue weighted by Gasteiger charge is -2.11. The van der Waals surface area contributed by atoms with Crippen LogP contribution in [0.5, 0.6) is 5.75 Å². The van der Waals surface area contributed by atoms with E-state index in [1.54, 1.807) is 31.4 Å². The van der Waals surface area contributed by atoms with Crippen LogP contribution in [0.3, 0.4) is 0 Å². The van der Waals surface area contributed by atoms with Gasteiger partial charge in [0.15, 0.2) is 0 Å². The van der Waals surface area contributed by atoms with Crippen LogP contribution in [0.25, 0.3) is 10.8 Å². The van der Waals surface area contributed by atoms with E-state index in [1.165, 1.54) is 12.1 Å². The highest BCUT2D eigenvalue weighted by atomic mass is 32.2. The molecule has 0 aliphatic rings. The minimum absolute atomic E-state index is 0.126. The summed E-state index contributed by atoms with van der Waals surface area (Å²) in [6.07, 6.45) is 0. The summed E-state index contributed by atoms with van der Waals surface area (Å²) < 4.78 is 36.7. The monoisotopic (exact) mass is 344 g/mol. The van der Waals surface area contributed by atoms with Crippen molar-refractivity contribution in [2.75, 3.05) is 18.2 Å². The van der Waals surface area contributed by atoms with Crippen molar-refractivity contribution in [2.45, 2.75) is 4.90 Å². The van der Waals surface area contributed by atoms with Crippen molar-refractivity contribution in [3.05, 3.63) is 54.6 Å². The van der Waals surface area contributed by atoms with E-state index < -0.39 is 10.1 Å². The Kier molecular flexibility index (Phi) is 4.04. The minimum Gasteiger partial charge on any atom is -0.495 e. The van der Waals surface area contributed by atoms with Crippen LogP contribution in [0.15, 0.2) is 59.5 Å². The van der Waals surface area contributed by atoms with Crippen LogP contribution in [0.4, 0.5) is 17.1 Å². The van der Waals surface area contributed by atoms with Crippen molar-refractivity contribution in [2.24, 2.45) is 0 Å². The van der Waals surface area contributed by atoms with Gasteiger partial charge in [-0.1, -0.05) is 12.1 Å². The third-order valence-corrected chi connectivity index (χ3v) is 4.48. The number of benzene rings is 3. The number of ether oxygens (including phenoxy) is 1. The van der Waals surface area contributed by atoms with Crippen LogP contribution in [-0.4, -0.2) is 20.1 Å². The number of fused-ring (bicyclic) bond motifs is 1. The molecule has 0 aromatic heterocycles. The van der Waals surface area contributed by atoms with Crippen molar-refractivity contribution in [3.63, 3.8) is 0 Å². The lowest BCUT2D eigenvalue weighted by Crippen LogP contribution is -1.97. The van der Waals surface area contributed by atoms with Gasteiger partial charge in [-0.2, -0.15) is 8.42 Å². The van der Waals surface area contributed by atoms with Crippen molar-refractivity contribution >= 4 is 38.0 Å². The molecule has 3 rings (SSSR count). The first kappa shape index (κ1) is 16.1. The van der Waals surface area contributed by atoms with Gasteiger partial charge in [-0.05, 0) is 47.2 Å². The first-order chi connectivity index (χ1) is 11.4. The van der Waals surface area contributed by atoms with Gasteiger partial charge >= 0.3 is 0 Å². The van der Waals surface area contributed by atoms with Gasteiger partial charge in [0.2, 0.25) is 0 Å². The molecular formula is C17H16N2O4S. The quantitative estimate of drug-likeness (QED) is 0.495. The van der Waals surface area contributed by atoms with Crippen LogP contribution in [0, 0.1) is 0 Å². The molecule has 0 aliphatic heterocycles. The smallest absolute Gasteiger partial charge is 0.294 e. The molecule has 0 heterocycles. The molecule has 0 amide bonds. The summed E-state index contributed by atoms with van der Waals surface area (Å²) >= 11 is 0. The molecule has 0 atom stereocenters. The lowest BCUT2D eigenvalue weighted by atomic mass is 10.1. The number of hydrogen-bond donors (Lipinski definition) is 3. The number of methoxy groups -OCH3 is 1. The molecule has 3 aromatic carbocycles. The average molecular weight is 344 g/mol. The summed E-state index contributed by atoms with van der Waals surface area (Å²) in [5, 5.41) is 4.80. The van der Waals surface area contributed by atoms with E-state index in [4.69, 9.17) is 15.0 Å². The molecule has 4 N–H and O–H groups in total. The number of hydrogen-bond acceptors (Lipinski definition) is 5. The molecule has 0 bridgehead atoms.